The Morgan fingerprint density at radius 3 is 2.00 bits per heavy atom. The first-order chi connectivity index (χ1) is 9.81. The summed E-state index contributed by atoms with van der Waals surface area (Å²) in [5.74, 6) is -3.72. The van der Waals surface area contributed by atoms with E-state index in [9.17, 15) is 19.2 Å². The number of aliphatic hydroxyl groups excluding tert-OH is 2. The van der Waals surface area contributed by atoms with Crippen molar-refractivity contribution >= 4 is 23.7 Å². The summed E-state index contributed by atoms with van der Waals surface area (Å²) in [5.41, 5.74) is 5.19. The van der Waals surface area contributed by atoms with Crippen LogP contribution in [0.1, 0.15) is 0 Å². The molecule has 2 atom stereocenters. The standard InChI is InChI=1S/C10H18N4O7/c11-5(3-15)9(20)12-1-7(17)14-6(4-16)10(21)13-2-8(18)19/h5-6,15-16H,1-4,11H2,(H,12,20)(H,13,21)(H,14,17)(H,18,19). The lowest BCUT2D eigenvalue weighted by Gasteiger charge is -2.16. The predicted octanol–water partition coefficient (Wildman–Crippen LogP) is -4.90. The first kappa shape index (κ1) is 18.8. The molecule has 0 rings (SSSR count). The molecule has 8 N–H and O–H groups in total. The number of nitrogens with one attached hydrogen (secondary N) is 3. The summed E-state index contributed by atoms with van der Waals surface area (Å²) >= 11 is 0. The van der Waals surface area contributed by atoms with Gasteiger partial charge in [-0.3, -0.25) is 19.2 Å². The molecule has 3 amide bonds. The molecular formula is C10H18N4O7. The number of aliphatic carboxylic acids is 1. The molecule has 0 radical (unpaired) electrons. The maximum Gasteiger partial charge on any atom is 0.322 e. The van der Waals surface area contributed by atoms with E-state index in [0.29, 0.717) is 0 Å². The lowest BCUT2D eigenvalue weighted by Crippen LogP contribution is -2.53. The van der Waals surface area contributed by atoms with Gasteiger partial charge in [-0.2, -0.15) is 0 Å². The third-order valence-corrected chi connectivity index (χ3v) is 2.20. The molecule has 0 aromatic heterocycles. The van der Waals surface area contributed by atoms with Gasteiger partial charge >= 0.3 is 5.97 Å². The molecule has 0 aromatic carbocycles. The van der Waals surface area contributed by atoms with Gasteiger partial charge in [-0.1, -0.05) is 0 Å². The minimum Gasteiger partial charge on any atom is -0.480 e. The van der Waals surface area contributed by atoms with Crippen LogP contribution in [0.4, 0.5) is 0 Å². The number of hydrogen-bond donors (Lipinski definition) is 7. The Morgan fingerprint density at radius 1 is 0.952 bits per heavy atom. The summed E-state index contributed by atoms with van der Waals surface area (Å²) in [4.78, 5) is 44.3. The van der Waals surface area contributed by atoms with Crippen LogP contribution in [0.2, 0.25) is 0 Å². The number of carbonyl (C=O) groups excluding carboxylic acids is 3. The lowest BCUT2D eigenvalue weighted by molar-refractivity contribution is -0.138. The van der Waals surface area contributed by atoms with E-state index >= 15 is 0 Å². The monoisotopic (exact) mass is 306 g/mol. The molecule has 0 aliphatic carbocycles. The van der Waals surface area contributed by atoms with Crippen LogP contribution in [0, 0.1) is 0 Å². The Balaban J connectivity index is 4.23. The summed E-state index contributed by atoms with van der Waals surface area (Å²) in [7, 11) is 0. The van der Waals surface area contributed by atoms with Crippen molar-refractivity contribution in [2.75, 3.05) is 26.3 Å². The van der Waals surface area contributed by atoms with Gasteiger partial charge in [0.25, 0.3) is 0 Å². The van der Waals surface area contributed by atoms with Gasteiger partial charge in [-0.15, -0.1) is 0 Å². The number of amides is 3. The fourth-order valence-corrected chi connectivity index (χ4v) is 1.11. The van der Waals surface area contributed by atoms with E-state index in [1.807, 2.05) is 5.32 Å². The van der Waals surface area contributed by atoms with Crippen molar-refractivity contribution in [1.29, 1.82) is 0 Å². The number of hydrogen-bond acceptors (Lipinski definition) is 7. The molecule has 0 aliphatic rings. The molecule has 11 nitrogen and oxygen atoms in total. The quantitative estimate of drug-likeness (QED) is 0.220. The second-order valence-corrected chi connectivity index (χ2v) is 3.92. The van der Waals surface area contributed by atoms with Crippen molar-refractivity contribution in [1.82, 2.24) is 16.0 Å². The van der Waals surface area contributed by atoms with Gasteiger partial charge in [-0.05, 0) is 0 Å². The summed E-state index contributed by atoms with van der Waals surface area (Å²) in [6.07, 6.45) is 0. The topological polar surface area (TPSA) is 191 Å². The summed E-state index contributed by atoms with van der Waals surface area (Å²) in [6, 6.07) is -2.52. The first-order valence-electron chi connectivity index (χ1n) is 5.85. The summed E-state index contributed by atoms with van der Waals surface area (Å²) in [5, 5.41) is 32.1. The van der Waals surface area contributed by atoms with Crippen molar-refractivity contribution in [2.24, 2.45) is 5.73 Å². The van der Waals surface area contributed by atoms with Crippen LogP contribution in [0.25, 0.3) is 0 Å². The van der Waals surface area contributed by atoms with Crippen LogP contribution in [0.15, 0.2) is 0 Å². The highest BCUT2D eigenvalue weighted by Gasteiger charge is 2.21. The van der Waals surface area contributed by atoms with Crippen molar-refractivity contribution < 1.29 is 34.5 Å². The molecule has 120 valence electrons. The van der Waals surface area contributed by atoms with Crippen molar-refractivity contribution in [2.45, 2.75) is 12.1 Å². The average molecular weight is 306 g/mol. The molecule has 2 unspecified atom stereocenters. The molecule has 0 aromatic rings. The van der Waals surface area contributed by atoms with Gasteiger partial charge < -0.3 is 37.0 Å². The minimum atomic E-state index is -1.35. The zero-order valence-electron chi connectivity index (χ0n) is 11.0. The number of carbonyl (C=O) groups is 4. The van der Waals surface area contributed by atoms with Crippen LogP contribution in [0.3, 0.4) is 0 Å². The third-order valence-electron chi connectivity index (χ3n) is 2.20. The Hall–Kier alpha value is -2.24. The van der Waals surface area contributed by atoms with Crippen molar-refractivity contribution in [3.63, 3.8) is 0 Å². The van der Waals surface area contributed by atoms with Crippen LogP contribution in [-0.4, -0.2) is 77.4 Å². The number of nitrogens with two attached hydrogens (primary N) is 1. The Bertz CT molecular complexity index is 401. The normalized spacial score (nSPS) is 12.9. The van der Waals surface area contributed by atoms with Gasteiger partial charge in [-0.25, -0.2) is 0 Å². The molecule has 0 bridgehead atoms. The average Bonchev–Trinajstić information content (AvgIpc) is 2.46. The van der Waals surface area contributed by atoms with E-state index in [1.165, 1.54) is 0 Å². The third kappa shape index (κ3) is 7.81. The second kappa shape index (κ2) is 9.63. The molecular weight excluding hydrogens is 288 g/mol. The van der Waals surface area contributed by atoms with E-state index in [4.69, 9.17) is 21.1 Å². The smallest absolute Gasteiger partial charge is 0.322 e. The molecule has 0 saturated carbocycles. The molecule has 0 aliphatic heterocycles. The van der Waals surface area contributed by atoms with Gasteiger partial charge in [0.15, 0.2) is 0 Å². The highest BCUT2D eigenvalue weighted by Crippen LogP contribution is 1.84. The maximum atomic E-state index is 11.4. The zero-order valence-corrected chi connectivity index (χ0v) is 11.0. The van der Waals surface area contributed by atoms with E-state index in [0.717, 1.165) is 0 Å². The van der Waals surface area contributed by atoms with Crippen LogP contribution < -0.4 is 21.7 Å². The maximum absolute atomic E-state index is 11.4. The highest BCUT2D eigenvalue weighted by molar-refractivity contribution is 5.91. The Labute approximate surface area is 119 Å². The number of aliphatic hydroxyl groups is 2. The van der Waals surface area contributed by atoms with Crippen LogP contribution >= 0.6 is 0 Å². The SMILES string of the molecule is NC(CO)C(=O)NCC(=O)NC(CO)C(=O)NCC(=O)O. The van der Waals surface area contributed by atoms with Gasteiger partial charge in [0.1, 0.15) is 18.6 Å². The van der Waals surface area contributed by atoms with Gasteiger partial charge in [0.05, 0.1) is 19.8 Å². The second-order valence-electron chi connectivity index (χ2n) is 3.92. The minimum absolute atomic E-state index is 0.519. The number of carboxylic acid groups (broad SMARTS) is 1. The molecule has 0 heterocycles. The molecule has 0 saturated heterocycles. The van der Waals surface area contributed by atoms with Gasteiger partial charge in [0.2, 0.25) is 17.7 Å². The van der Waals surface area contributed by atoms with E-state index in [-0.39, 0.29) is 0 Å². The fourth-order valence-electron chi connectivity index (χ4n) is 1.11. The Morgan fingerprint density at radius 2 is 1.52 bits per heavy atom. The fraction of sp³-hybridized carbons (Fsp3) is 0.600. The first-order valence-corrected chi connectivity index (χ1v) is 5.85. The lowest BCUT2D eigenvalue weighted by atomic mass is 10.2. The zero-order chi connectivity index (χ0) is 16.4. The molecule has 0 fully saturated rings. The molecule has 11 heteroatoms. The number of rotatable bonds is 9. The largest absolute Gasteiger partial charge is 0.480 e. The highest BCUT2D eigenvalue weighted by atomic mass is 16.4. The van der Waals surface area contributed by atoms with E-state index < -0.39 is 62.1 Å². The van der Waals surface area contributed by atoms with Crippen LogP contribution in [0.5, 0.6) is 0 Å². The summed E-state index contributed by atoms with van der Waals surface area (Å²) < 4.78 is 0. The van der Waals surface area contributed by atoms with E-state index in [2.05, 4.69) is 10.6 Å². The number of carboxylic acids is 1. The van der Waals surface area contributed by atoms with Crippen LogP contribution in [-0.2, 0) is 19.2 Å². The predicted molar refractivity (Wildman–Crippen MR) is 67.7 cm³/mol. The van der Waals surface area contributed by atoms with Crippen molar-refractivity contribution in [3.8, 4) is 0 Å². The van der Waals surface area contributed by atoms with Gasteiger partial charge in [0, 0.05) is 0 Å². The molecule has 21 heavy (non-hydrogen) atoms. The molecule has 0 spiro atoms. The van der Waals surface area contributed by atoms with Crippen molar-refractivity contribution in [3.05, 3.63) is 0 Å². The Kier molecular flexibility index (Phi) is 8.60. The van der Waals surface area contributed by atoms with E-state index in [1.54, 1.807) is 0 Å². The summed E-state index contributed by atoms with van der Waals surface area (Å²) in [6.45, 7) is -2.52.